The quantitative estimate of drug-likeness (QED) is 0.225. The molecule has 0 atom stereocenters. The van der Waals surface area contributed by atoms with Gasteiger partial charge < -0.3 is 8.83 Å². The van der Waals surface area contributed by atoms with Crippen LogP contribution in [0.4, 0.5) is 0 Å². The van der Waals surface area contributed by atoms with E-state index < -0.39 is 0 Å². The number of para-hydroxylation sites is 1. The van der Waals surface area contributed by atoms with Crippen molar-refractivity contribution in [1.29, 1.82) is 10.5 Å². The van der Waals surface area contributed by atoms with Crippen LogP contribution in [0.5, 0.6) is 0 Å². The van der Waals surface area contributed by atoms with E-state index in [0.29, 0.717) is 11.1 Å². The van der Waals surface area contributed by atoms with E-state index in [4.69, 9.17) is 8.83 Å². The van der Waals surface area contributed by atoms with Gasteiger partial charge in [0.2, 0.25) is 0 Å². The highest BCUT2D eigenvalue weighted by molar-refractivity contribution is 6.15. The zero-order valence-corrected chi connectivity index (χ0v) is 22.3. The van der Waals surface area contributed by atoms with Gasteiger partial charge in [0.25, 0.3) is 0 Å². The Morgan fingerprint density at radius 1 is 0.429 bits per heavy atom. The minimum atomic E-state index is 0.590. The summed E-state index contributed by atoms with van der Waals surface area (Å²) in [5.41, 5.74) is 10.5. The zero-order valence-electron chi connectivity index (χ0n) is 22.3. The highest BCUT2D eigenvalue weighted by atomic mass is 16.3. The summed E-state index contributed by atoms with van der Waals surface area (Å²) in [5, 5.41) is 23.2. The van der Waals surface area contributed by atoms with Crippen LogP contribution in [0.2, 0.25) is 0 Å². The summed E-state index contributed by atoms with van der Waals surface area (Å²) in [6, 6.07) is 44.6. The Morgan fingerprint density at radius 2 is 1.07 bits per heavy atom. The van der Waals surface area contributed by atoms with Gasteiger partial charge in [-0.1, -0.05) is 66.7 Å². The van der Waals surface area contributed by atoms with E-state index in [2.05, 4.69) is 60.7 Å². The first-order chi connectivity index (χ1) is 20.7. The number of rotatable bonds is 3. The molecule has 0 amide bonds. The second kappa shape index (κ2) is 9.24. The van der Waals surface area contributed by atoms with Crippen LogP contribution in [0.15, 0.2) is 130 Å². The van der Waals surface area contributed by atoms with Crippen LogP contribution in [-0.4, -0.2) is 0 Å². The summed E-state index contributed by atoms with van der Waals surface area (Å²) >= 11 is 0. The summed E-state index contributed by atoms with van der Waals surface area (Å²) < 4.78 is 12.3. The van der Waals surface area contributed by atoms with Crippen molar-refractivity contribution >= 4 is 43.9 Å². The molecule has 2 heterocycles. The smallest absolute Gasteiger partial charge is 0.136 e. The summed E-state index contributed by atoms with van der Waals surface area (Å²) in [4.78, 5) is 0. The van der Waals surface area contributed by atoms with Gasteiger partial charge in [-0.2, -0.15) is 10.5 Å². The van der Waals surface area contributed by atoms with Crippen LogP contribution in [0.3, 0.4) is 0 Å². The number of benzene rings is 6. The molecule has 2 aromatic heterocycles. The fourth-order valence-corrected chi connectivity index (χ4v) is 6.09. The lowest BCUT2D eigenvalue weighted by molar-refractivity contribution is 0.668. The van der Waals surface area contributed by atoms with Gasteiger partial charge >= 0.3 is 0 Å². The fraction of sp³-hybridized carbons (Fsp3) is 0. The molecule has 4 nitrogen and oxygen atoms in total. The van der Waals surface area contributed by atoms with E-state index in [0.717, 1.165) is 77.3 Å². The van der Waals surface area contributed by atoms with E-state index in [9.17, 15) is 10.5 Å². The molecule has 0 unspecified atom stereocenters. The summed E-state index contributed by atoms with van der Waals surface area (Å²) in [7, 11) is 0. The summed E-state index contributed by atoms with van der Waals surface area (Å²) in [5.74, 6) is 0. The first kappa shape index (κ1) is 23.8. The molecule has 4 heteroatoms. The Balaban J connectivity index is 1.45. The van der Waals surface area contributed by atoms with E-state index in [1.807, 2.05) is 66.7 Å². The topological polar surface area (TPSA) is 73.9 Å². The highest BCUT2D eigenvalue weighted by Gasteiger charge is 2.19. The predicted molar refractivity (Wildman–Crippen MR) is 167 cm³/mol. The van der Waals surface area contributed by atoms with Crippen LogP contribution in [0.1, 0.15) is 11.1 Å². The Labute approximate surface area is 240 Å². The maximum absolute atomic E-state index is 9.76. The minimum absolute atomic E-state index is 0.590. The van der Waals surface area contributed by atoms with Gasteiger partial charge in [-0.05, 0) is 88.0 Å². The average molecular weight is 537 g/mol. The lowest BCUT2D eigenvalue weighted by Crippen LogP contribution is -1.92. The molecular formula is C38H20N2O2. The van der Waals surface area contributed by atoms with Crippen molar-refractivity contribution in [2.24, 2.45) is 0 Å². The molecule has 0 saturated carbocycles. The zero-order chi connectivity index (χ0) is 28.2. The first-order valence-electron chi connectivity index (χ1n) is 13.6. The number of nitriles is 2. The Bertz CT molecular complexity index is 2450. The number of nitrogens with zero attached hydrogens (tertiary/aromatic N) is 2. The molecule has 0 radical (unpaired) electrons. The largest absolute Gasteiger partial charge is 0.456 e. The normalized spacial score (nSPS) is 11.3. The maximum Gasteiger partial charge on any atom is 0.136 e. The van der Waals surface area contributed by atoms with E-state index in [-0.39, 0.29) is 0 Å². The molecule has 8 aromatic rings. The van der Waals surface area contributed by atoms with Crippen LogP contribution in [-0.2, 0) is 0 Å². The van der Waals surface area contributed by atoms with Crippen molar-refractivity contribution in [2.45, 2.75) is 0 Å². The molecule has 0 aliphatic heterocycles. The van der Waals surface area contributed by atoms with Crippen molar-refractivity contribution in [3.63, 3.8) is 0 Å². The molecule has 0 spiro atoms. The van der Waals surface area contributed by atoms with E-state index >= 15 is 0 Å². The second-order valence-electron chi connectivity index (χ2n) is 10.3. The van der Waals surface area contributed by atoms with Crippen LogP contribution in [0, 0.1) is 22.7 Å². The molecule has 0 N–H and O–H groups in total. The van der Waals surface area contributed by atoms with Gasteiger partial charge in [0.15, 0.2) is 0 Å². The van der Waals surface area contributed by atoms with Gasteiger partial charge in [0.05, 0.1) is 23.3 Å². The number of furan rings is 2. The third-order valence-electron chi connectivity index (χ3n) is 7.95. The van der Waals surface area contributed by atoms with Crippen LogP contribution < -0.4 is 0 Å². The molecule has 42 heavy (non-hydrogen) atoms. The van der Waals surface area contributed by atoms with Crippen LogP contribution >= 0.6 is 0 Å². The number of fused-ring (bicyclic) bond motifs is 6. The molecule has 0 saturated heterocycles. The number of hydrogen-bond donors (Lipinski definition) is 0. The minimum Gasteiger partial charge on any atom is -0.456 e. The predicted octanol–water partition coefficient (Wildman–Crippen LogP) is 10.2. The standard InChI is InChI=1S/C38H20N2O2/c39-21-23-6-3-7-26(18-23)37-27(25-15-17-35-32(20-25)31-19-24(22-40)14-16-34(31)41-35)9-4-10-28(37)29-11-5-13-36-38(29)30-8-1-2-12-33(30)42-36/h1-20H. The van der Waals surface area contributed by atoms with Gasteiger partial charge in [0, 0.05) is 21.5 Å². The Kier molecular flexibility index (Phi) is 5.22. The van der Waals surface area contributed by atoms with Crippen molar-refractivity contribution < 1.29 is 8.83 Å². The molecular weight excluding hydrogens is 516 g/mol. The fourth-order valence-electron chi connectivity index (χ4n) is 6.09. The monoisotopic (exact) mass is 536 g/mol. The molecule has 8 rings (SSSR count). The third kappa shape index (κ3) is 3.60. The highest BCUT2D eigenvalue weighted by Crippen LogP contribution is 2.45. The van der Waals surface area contributed by atoms with Crippen LogP contribution in [0.25, 0.3) is 77.3 Å². The molecule has 0 bridgehead atoms. The molecule has 0 fully saturated rings. The second-order valence-corrected chi connectivity index (χ2v) is 10.3. The molecule has 0 aliphatic rings. The van der Waals surface area contributed by atoms with E-state index in [1.165, 1.54) is 0 Å². The maximum atomic E-state index is 9.76. The lowest BCUT2D eigenvalue weighted by atomic mass is 9.85. The average Bonchev–Trinajstić information content (AvgIpc) is 3.62. The van der Waals surface area contributed by atoms with Gasteiger partial charge in [0.1, 0.15) is 22.3 Å². The summed E-state index contributed by atoms with van der Waals surface area (Å²) in [6.07, 6.45) is 0. The SMILES string of the molecule is N#Cc1cccc(-c2c(-c3ccc4oc5ccc(C#N)cc5c4c3)cccc2-c2cccc3oc4ccccc4c23)c1. The van der Waals surface area contributed by atoms with Gasteiger partial charge in [-0.15, -0.1) is 0 Å². The van der Waals surface area contributed by atoms with Crippen molar-refractivity contribution in [3.8, 4) is 45.5 Å². The van der Waals surface area contributed by atoms with Crippen molar-refractivity contribution in [1.82, 2.24) is 0 Å². The Morgan fingerprint density at radius 3 is 1.95 bits per heavy atom. The molecule has 194 valence electrons. The lowest BCUT2D eigenvalue weighted by Gasteiger charge is -2.17. The van der Waals surface area contributed by atoms with Gasteiger partial charge in [-0.3, -0.25) is 0 Å². The van der Waals surface area contributed by atoms with Crippen molar-refractivity contribution in [2.75, 3.05) is 0 Å². The van der Waals surface area contributed by atoms with Crippen molar-refractivity contribution in [3.05, 3.63) is 132 Å². The molecule has 0 aliphatic carbocycles. The Hall–Kier alpha value is -6.10. The number of hydrogen-bond acceptors (Lipinski definition) is 4. The van der Waals surface area contributed by atoms with E-state index in [1.54, 1.807) is 6.07 Å². The first-order valence-corrected chi connectivity index (χ1v) is 13.6. The summed E-state index contributed by atoms with van der Waals surface area (Å²) in [6.45, 7) is 0. The van der Waals surface area contributed by atoms with Gasteiger partial charge in [-0.25, -0.2) is 0 Å². The molecule has 6 aromatic carbocycles. The third-order valence-corrected chi connectivity index (χ3v) is 7.95.